The van der Waals surface area contributed by atoms with Crippen LogP contribution >= 0.6 is 0 Å². The summed E-state index contributed by atoms with van der Waals surface area (Å²) in [4.78, 5) is 20.5. The maximum Gasteiger partial charge on any atom is 0.270 e. The predicted molar refractivity (Wildman–Crippen MR) is 95.8 cm³/mol. The maximum atomic E-state index is 12.3. The molecule has 0 aliphatic rings. The third-order valence-electron chi connectivity index (χ3n) is 3.83. The number of hydrogen-bond acceptors (Lipinski definition) is 5. The van der Waals surface area contributed by atoms with Crippen LogP contribution in [0.2, 0.25) is 0 Å². The van der Waals surface area contributed by atoms with E-state index in [4.69, 9.17) is 4.42 Å². The molecule has 0 saturated heterocycles. The number of amides is 1. The maximum absolute atomic E-state index is 12.3. The summed E-state index contributed by atoms with van der Waals surface area (Å²) in [6, 6.07) is 9.42. The number of nitrogens with one attached hydrogen (secondary N) is 2. The van der Waals surface area contributed by atoms with Crippen molar-refractivity contribution in [2.75, 3.05) is 5.32 Å². The van der Waals surface area contributed by atoms with Gasteiger partial charge in [-0.15, -0.1) is 0 Å². The smallest absolute Gasteiger partial charge is 0.270 e. The zero-order valence-electron chi connectivity index (χ0n) is 14.5. The van der Waals surface area contributed by atoms with Crippen molar-refractivity contribution in [3.05, 3.63) is 71.1 Å². The van der Waals surface area contributed by atoms with Crippen molar-refractivity contribution < 1.29 is 9.21 Å². The van der Waals surface area contributed by atoms with E-state index < -0.39 is 0 Å². The quantitative estimate of drug-likeness (QED) is 0.743. The summed E-state index contributed by atoms with van der Waals surface area (Å²) < 4.78 is 5.20. The Labute approximate surface area is 146 Å². The summed E-state index contributed by atoms with van der Waals surface area (Å²) in [6.07, 6.45) is 2.95. The van der Waals surface area contributed by atoms with Crippen LogP contribution in [0.3, 0.4) is 0 Å². The van der Waals surface area contributed by atoms with Gasteiger partial charge in [-0.25, -0.2) is 9.97 Å². The van der Waals surface area contributed by atoms with Crippen molar-refractivity contribution in [3.63, 3.8) is 0 Å². The van der Waals surface area contributed by atoms with Gasteiger partial charge in [0, 0.05) is 11.8 Å². The van der Waals surface area contributed by atoms with Crippen LogP contribution in [-0.4, -0.2) is 15.9 Å². The molecule has 0 bridgehead atoms. The van der Waals surface area contributed by atoms with E-state index in [1.54, 1.807) is 24.5 Å². The number of hydrogen-bond donors (Lipinski definition) is 2. The lowest BCUT2D eigenvalue weighted by atomic mass is 10.1. The Hall–Kier alpha value is -3.15. The van der Waals surface area contributed by atoms with E-state index in [2.05, 4.69) is 39.7 Å². The molecule has 0 fully saturated rings. The molecule has 6 nitrogen and oxygen atoms in total. The number of aryl methyl sites for hydroxylation is 3. The van der Waals surface area contributed by atoms with Gasteiger partial charge in [-0.1, -0.05) is 17.7 Å². The normalized spacial score (nSPS) is 10.5. The average molecular weight is 336 g/mol. The molecule has 0 radical (unpaired) electrons. The zero-order chi connectivity index (χ0) is 17.8. The van der Waals surface area contributed by atoms with Crippen LogP contribution < -0.4 is 10.6 Å². The van der Waals surface area contributed by atoms with E-state index in [1.165, 1.54) is 11.9 Å². The van der Waals surface area contributed by atoms with Crippen molar-refractivity contribution >= 4 is 17.4 Å². The van der Waals surface area contributed by atoms with Crippen LogP contribution in [0.5, 0.6) is 0 Å². The Kier molecular flexibility index (Phi) is 4.79. The van der Waals surface area contributed by atoms with Crippen LogP contribution in [0.4, 0.5) is 11.5 Å². The number of benzene rings is 1. The fraction of sp³-hybridized carbons (Fsp3) is 0.211. The van der Waals surface area contributed by atoms with Gasteiger partial charge in [-0.3, -0.25) is 4.79 Å². The molecule has 3 rings (SSSR count). The third kappa shape index (κ3) is 4.03. The Morgan fingerprint density at radius 3 is 2.56 bits per heavy atom. The van der Waals surface area contributed by atoms with Gasteiger partial charge in [0.1, 0.15) is 23.6 Å². The Balaban J connectivity index is 1.74. The minimum atomic E-state index is -0.279. The first-order valence-corrected chi connectivity index (χ1v) is 8.00. The standard InChI is InChI=1S/C19H20N4O2/c1-12-7-13(2)18(14(3)8-12)23-17-9-16(21-11-22-17)19(24)20-10-15-5-4-6-25-15/h4-9,11H,10H2,1-3H3,(H,20,24)(H,21,22,23). The lowest BCUT2D eigenvalue weighted by molar-refractivity contribution is 0.0943. The second-order valence-electron chi connectivity index (χ2n) is 5.95. The monoisotopic (exact) mass is 336 g/mol. The summed E-state index contributed by atoms with van der Waals surface area (Å²) in [5, 5.41) is 6.05. The lowest BCUT2D eigenvalue weighted by Crippen LogP contribution is -2.23. The molecule has 2 heterocycles. The Bertz CT molecular complexity index is 865. The fourth-order valence-electron chi connectivity index (χ4n) is 2.73. The molecule has 1 amide bonds. The van der Waals surface area contributed by atoms with Crippen molar-refractivity contribution in [1.82, 2.24) is 15.3 Å². The van der Waals surface area contributed by atoms with Gasteiger partial charge in [0.05, 0.1) is 12.8 Å². The van der Waals surface area contributed by atoms with Crippen molar-refractivity contribution in [2.24, 2.45) is 0 Å². The zero-order valence-corrected chi connectivity index (χ0v) is 14.5. The largest absolute Gasteiger partial charge is 0.467 e. The van der Waals surface area contributed by atoms with Crippen LogP contribution in [-0.2, 0) is 6.54 Å². The van der Waals surface area contributed by atoms with Crippen molar-refractivity contribution in [2.45, 2.75) is 27.3 Å². The first kappa shape index (κ1) is 16.7. The van der Waals surface area contributed by atoms with Gasteiger partial charge in [0.25, 0.3) is 5.91 Å². The molecule has 2 aromatic heterocycles. The third-order valence-corrected chi connectivity index (χ3v) is 3.83. The molecule has 0 atom stereocenters. The number of rotatable bonds is 5. The number of carbonyl (C=O) groups is 1. The van der Waals surface area contributed by atoms with Crippen molar-refractivity contribution in [1.29, 1.82) is 0 Å². The Morgan fingerprint density at radius 1 is 1.12 bits per heavy atom. The molecule has 3 aromatic rings. The molecule has 0 aliphatic carbocycles. The van der Waals surface area contributed by atoms with Gasteiger partial charge in [0.15, 0.2) is 0 Å². The second-order valence-corrected chi connectivity index (χ2v) is 5.95. The van der Waals surface area contributed by atoms with E-state index in [0.29, 0.717) is 23.8 Å². The number of anilines is 2. The highest BCUT2D eigenvalue weighted by Crippen LogP contribution is 2.25. The number of furan rings is 1. The van der Waals surface area contributed by atoms with Gasteiger partial charge in [0.2, 0.25) is 0 Å². The molecule has 25 heavy (non-hydrogen) atoms. The van der Waals surface area contributed by atoms with Crippen LogP contribution in [0, 0.1) is 20.8 Å². The van der Waals surface area contributed by atoms with E-state index in [0.717, 1.165) is 16.8 Å². The molecule has 128 valence electrons. The summed E-state index contributed by atoms with van der Waals surface area (Å²) in [6.45, 7) is 6.46. The SMILES string of the molecule is Cc1cc(C)c(Nc2cc(C(=O)NCc3ccco3)ncn2)c(C)c1. The fourth-order valence-corrected chi connectivity index (χ4v) is 2.73. The highest BCUT2D eigenvalue weighted by Gasteiger charge is 2.11. The second kappa shape index (κ2) is 7.17. The first-order chi connectivity index (χ1) is 12.0. The van der Waals surface area contributed by atoms with Gasteiger partial charge < -0.3 is 15.1 Å². The molecule has 2 N–H and O–H groups in total. The average Bonchev–Trinajstić information content (AvgIpc) is 3.10. The minimum absolute atomic E-state index is 0.279. The molecular formula is C19H20N4O2. The molecule has 1 aromatic carbocycles. The summed E-state index contributed by atoms with van der Waals surface area (Å²) in [5.74, 6) is 0.985. The van der Waals surface area contributed by atoms with Crippen LogP contribution in [0.15, 0.2) is 47.3 Å². The molecule has 0 saturated carbocycles. The van der Waals surface area contributed by atoms with E-state index in [9.17, 15) is 4.79 Å². The number of aromatic nitrogens is 2. The minimum Gasteiger partial charge on any atom is -0.467 e. The number of carbonyl (C=O) groups excluding carboxylic acids is 1. The van der Waals surface area contributed by atoms with E-state index in [-0.39, 0.29) is 5.91 Å². The summed E-state index contributed by atoms with van der Waals surface area (Å²) in [5.41, 5.74) is 4.75. The molecular weight excluding hydrogens is 316 g/mol. The van der Waals surface area contributed by atoms with Crippen LogP contribution in [0.25, 0.3) is 0 Å². The van der Waals surface area contributed by atoms with E-state index in [1.807, 2.05) is 13.8 Å². The first-order valence-electron chi connectivity index (χ1n) is 8.00. The topological polar surface area (TPSA) is 80.0 Å². The van der Waals surface area contributed by atoms with Gasteiger partial charge in [-0.05, 0) is 44.0 Å². The van der Waals surface area contributed by atoms with Crippen molar-refractivity contribution in [3.8, 4) is 0 Å². The predicted octanol–water partition coefficient (Wildman–Crippen LogP) is 3.67. The Morgan fingerprint density at radius 2 is 1.88 bits per heavy atom. The number of nitrogens with zero attached hydrogens (tertiary/aromatic N) is 2. The van der Waals surface area contributed by atoms with Gasteiger partial charge >= 0.3 is 0 Å². The lowest BCUT2D eigenvalue weighted by Gasteiger charge is -2.13. The molecule has 0 aliphatic heterocycles. The molecule has 6 heteroatoms. The molecule has 0 unspecified atom stereocenters. The highest BCUT2D eigenvalue weighted by molar-refractivity contribution is 5.92. The molecule has 0 spiro atoms. The van der Waals surface area contributed by atoms with Crippen LogP contribution in [0.1, 0.15) is 32.9 Å². The summed E-state index contributed by atoms with van der Waals surface area (Å²) >= 11 is 0. The summed E-state index contributed by atoms with van der Waals surface area (Å²) in [7, 11) is 0. The van der Waals surface area contributed by atoms with Gasteiger partial charge in [-0.2, -0.15) is 0 Å². The highest BCUT2D eigenvalue weighted by atomic mass is 16.3. The van der Waals surface area contributed by atoms with E-state index >= 15 is 0 Å².